The molecule has 0 N–H and O–H groups in total. The summed E-state index contributed by atoms with van der Waals surface area (Å²) in [6.45, 7) is 3.78. The van der Waals surface area contributed by atoms with Gasteiger partial charge in [0.15, 0.2) is 0 Å². The van der Waals surface area contributed by atoms with Gasteiger partial charge in [-0.3, -0.25) is 4.89 Å². The SMILES string of the molecule is C/C=C/C(=O)OOC(C)OCc1ccccc1. The van der Waals surface area contributed by atoms with Crippen molar-refractivity contribution in [1.29, 1.82) is 0 Å². The minimum Gasteiger partial charge on any atom is -0.344 e. The zero-order valence-corrected chi connectivity index (χ0v) is 9.96. The van der Waals surface area contributed by atoms with Crippen LogP contribution in [0, 0.1) is 0 Å². The zero-order chi connectivity index (χ0) is 12.5. The van der Waals surface area contributed by atoms with Gasteiger partial charge >= 0.3 is 5.97 Å². The van der Waals surface area contributed by atoms with Crippen LogP contribution < -0.4 is 0 Å². The maximum Gasteiger partial charge on any atom is 0.365 e. The monoisotopic (exact) mass is 236 g/mol. The normalized spacial score (nSPS) is 12.6. The van der Waals surface area contributed by atoms with Crippen molar-refractivity contribution in [1.82, 2.24) is 0 Å². The summed E-state index contributed by atoms with van der Waals surface area (Å²) in [5, 5.41) is 0. The fourth-order valence-electron chi connectivity index (χ4n) is 1.09. The molecular weight excluding hydrogens is 220 g/mol. The molecule has 0 saturated heterocycles. The molecular formula is C13H16O4. The van der Waals surface area contributed by atoms with E-state index < -0.39 is 12.3 Å². The van der Waals surface area contributed by atoms with Crippen molar-refractivity contribution >= 4 is 5.97 Å². The van der Waals surface area contributed by atoms with Gasteiger partial charge in [0.05, 0.1) is 6.61 Å². The Balaban J connectivity index is 2.22. The summed E-state index contributed by atoms with van der Waals surface area (Å²) in [4.78, 5) is 20.2. The molecule has 1 aromatic carbocycles. The Hall–Kier alpha value is -1.65. The molecule has 0 aliphatic rings. The highest BCUT2D eigenvalue weighted by molar-refractivity contribution is 5.81. The van der Waals surface area contributed by atoms with E-state index in [4.69, 9.17) is 9.62 Å². The fraction of sp³-hybridized carbons (Fsp3) is 0.308. The Morgan fingerprint density at radius 3 is 2.71 bits per heavy atom. The summed E-state index contributed by atoms with van der Waals surface area (Å²) in [5.41, 5.74) is 1.03. The Labute approximate surface area is 101 Å². The third-order valence-electron chi connectivity index (χ3n) is 1.90. The summed E-state index contributed by atoms with van der Waals surface area (Å²) in [6, 6.07) is 9.67. The van der Waals surface area contributed by atoms with Crippen molar-refractivity contribution in [3.8, 4) is 0 Å². The molecule has 0 aromatic heterocycles. The Bertz CT molecular complexity index is 359. The number of ether oxygens (including phenoxy) is 1. The van der Waals surface area contributed by atoms with Gasteiger partial charge < -0.3 is 4.74 Å². The van der Waals surface area contributed by atoms with Crippen LogP contribution in [0.1, 0.15) is 19.4 Å². The first-order valence-electron chi connectivity index (χ1n) is 5.38. The third-order valence-corrected chi connectivity index (χ3v) is 1.90. The molecule has 0 bridgehead atoms. The molecule has 0 amide bonds. The van der Waals surface area contributed by atoms with Crippen LogP contribution in [-0.2, 0) is 25.9 Å². The minimum atomic E-state index is -0.607. The van der Waals surface area contributed by atoms with Crippen LogP contribution >= 0.6 is 0 Å². The van der Waals surface area contributed by atoms with E-state index in [0.29, 0.717) is 6.61 Å². The van der Waals surface area contributed by atoms with E-state index in [-0.39, 0.29) is 0 Å². The van der Waals surface area contributed by atoms with E-state index in [2.05, 4.69) is 4.89 Å². The maximum absolute atomic E-state index is 10.9. The summed E-state index contributed by atoms with van der Waals surface area (Å²) in [5.74, 6) is -0.553. The van der Waals surface area contributed by atoms with Gasteiger partial charge in [-0.2, -0.15) is 4.89 Å². The second-order valence-electron chi connectivity index (χ2n) is 3.36. The number of hydrogen-bond donors (Lipinski definition) is 0. The molecule has 0 aliphatic carbocycles. The van der Waals surface area contributed by atoms with Crippen molar-refractivity contribution in [3.63, 3.8) is 0 Å². The molecule has 1 aromatic rings. The van der Waals surface area contributed by atoms with E-state index >= 15 is 0 Å². The summed E-state index contributed by atoms with van der Waals surface area (Å²) in [7, 11) is 0. The summed E-state index contributed by atoms with van der Waals surface area (Å²) >= 11 is 0. The highest BCUT2D eigenvalue weighted by Gasteiger charge is 2.06. The number of benzene rings is 1. The molecule has 4 nitrogen and oxygen atoms in total. The van der Waals surface area contributed by atoms with Crippen LogP contribution in [0.15, 0.2) is 42.5 Å². The lowest BCUT2D eigenvalue weighted by molar-refractivity contribution is -0.346. The predicted molar refractivity (Wildman–Crippen MR) is 62.7 cm³/mol. The van der Waals surface area contributed by atoms with Crippen LogP contribution in [0.3, 0.4) is 0 Å². The topological polar surface area (TPSA) is 44.8 Å². The van der Waals surface area contributed by atoms with Crippen LogP contribution in [-0.4, -0.2) is 12.3 Å². The first kappa shape index (κ1) is 13.4. The van der Waals surface area contributed by atoms with Gasteiger partial charge in [0.25, 0.3) is 0 Å². The van der Waals surface area contributed by atoms with Crippen molar-refractivity contribution in [3.05, 3.63) is 48.0 Å². The molecule has 0 spiro atoms. The first-order valence-corrected chi connectivity index (χ1v) is 5.38. The quantitative estimate of drug-likeness (QED) is 0.329. The molecule has 1 rings (SSSR count). The standard InChI is InChI=1S/C13H16O4/c1-3-7-13(14)17-16-11(2)15-10-12-8-5-4-6-9-12/h3-9,11H,10H2,1-2H3/b7-3+. The van der Waals surface area contributed by atoms with Gasteiger partial charge in [0.1, 0.15) is 0 Å². The Kier molecular flexibility index (Phi) is 5.99. The van der Waals surface area contributed by atoms with Gasteiger partial charge in [-0.05, 0) is 19.4 Å². The van der Waals surface area contributed by atoms with Gasteiger partial charge in [-0.25, -0.2) is 4.79 Å². The number of hydrogen-bond acceptors (Lipinski definition) is 4. The molecule has 4 heteroatoms. The lowest BCUT2D eigenvalue weighted by Crippen LogP contribution is -2.15. The number of allylic oxidation sites excluding steroid dienone is 1. The highest BCUT2D eigenvalue weighted by atomic mass is 17.2. The van der Waals surface area contributed by atoms with Crippen molar-refractivity contribution < 1.29 is 19.3 Å². The van der Waals surface area contributed by atoms with Crippen LogP contribution in [0.25, 0.3) is 0 Å². The number of rotatable bonds is 6. The van der Waals surface area contributed by atoms with E-state index in [9.17, 15) is 4.79 Å². The molecule has 0 fully saturated rings. The molecule has 0 heterocycles. The van der Waals surface area contributed by atoms with Crippen molar-refractivity contribution in [2.45, 2.75) is 26.7 Å². The molecule has 0 saturated carbocycles. The van der Waals surface area contributed by atoms with Crippen molar-refractivity contribution in [2.24, 2.45) is 0 Å². The number of carbonyl (C=O) groups is 1. The lowest BCUT2D eigenvalue weighted by atomic mass is 10.2. The van der Waals surface area contributed by atoms with Crippen LogP contribution in [0.2, 0.25) is 0 Å². The van der Waals surface area contributed by atoms with E-state index in [1.807, 2.05) is 30.3 Å². The van der Waals surface area contributed by atoms with Crippen LogP contribution in [0.5, 0.6) is 0 Å². The summed E-state index contributed by atoms with van der Waals surface area (Å²) in [6.07, 6.45) is 2.23. The first-order chi connectivity index (χ1) is 8.22. The largest absolute Gasteiger partial charge is 0.365 e. The second kappa shape index (κ2) is 7.60. The molecule has 92 valence electrons. The average Bonchev–Trinajstić information content (AvgIpc) is 2.35. The summed E-state index contributed by atoms with van der Waals surface area (Å²) < 4.78 is 5.33. The molecule has 1 unspecified atom stereocenters. The Morgan fingerprint density at radius 2 is 2.06 bits per heavy atom. The molecule has 0 radical (unpaired) electrons. The lowest BCUT2D eigenvalue weighted by Gasteiger charge is -2.11. The van der Waals surface area contributed by atoms with E-state index in [1.165, 1.54) is 6.08 Å². The van der Waals surface area contributed by atoms with E-state index in [1.54, 1.807) is 19.9 Å². The smallest absolute Gasteiger partial charge is 0.344 e. The minimum absolute atomic E-state index is 0.406. The highest BCUT2D eigenvalue weighted by Crippen LogP contribution is 2.04. The van der Waals surface area contributed by atoms with E-state index in [0.717, 1.165) is 5.56 Å². The van der Waals surface area contributed by atoms with Gasteiger partial charge in [-0.1, -0.05) is 36.4 Å². The second-order valence-corrected chi connectivity index (χ2v) is 3.36. The molecule has 17 heavy (non-hydrogen) atoms. The molecule has 1 atom stereocenters. The molecule has 0 aliphatic heterocycles. The van der Waals surface area contributed by atoms with Crippen LogP contribution in [0.4, 0.5) is 0 Å². The van der Waals surface area contributed by atoms with Gasteiger partial charge in [0.2, 0.25) is 6.29 Å². The predicted octanol–water partition coefficient (Wildman–Crippen LogP) is 2.60. The Morgan fingerprint density at radius 1 is 1.35 bits per heavy atom. The maximum atomic E-state index is 10.9. The third kappa shape index (κ3) is 5.85. The fourth-order valence-corrected chi connectivity index (χ4v) is 1.09. The van der Waals surface area contributed by atoms with Gasteiger partial charge in [-0.15, -0.1) is 0 Å². The average molecular weight is 236 g/mol. The van der Waals surface area contributed by atoms with Crippen molar-refractivity contribution in [2.75, 3.05) is 0 Å². The zero-order valence-electron chi connectivity index (χ0n) is 9.96. The number of carbonyl (C=O) groups excluding carboxylic acids is 1. The van der Waals surface area contributed by atoms with Gasteiger partial charge in [0, 0.05) is 6.08 Å².